The van der Waals surface area contributed by atoms with Crippen LogP contribution in [0.1, 0.15) is 116 Å². The van der Waals surface area contributed by atoms with Gasteiger partial charge < -0.3 is 0 Å². The SMILES string of the molecule is CCCCCCCCCCCCCCCCCCC=CCN=C=O. The van der Waals surface area contributed by atoms with Gasteiger partial charge in [0.05, 0.1) is 6.54 Å². The first-order valence-corrected chi connectivity index (χ1v) is 10.6. The summed E-state index contributed by atoms with van der Waals surface area (Å²) in [6.07, 6.45) is 29.4. The number of hydrogen-bond donors (Lipinski definition) is 0. The van der Waals surface area contributed by atoms with E-state index in [1.54, 1.807) is 6.08 Å². The van der Waals surface area contributed by atoms with E-state index in [2.05, 4.69) is 18.0 Å². The van der Waals surface area contributed by atoms with E-state index in [1.165, 1.54) is 103 Å². The Morgan fingerprint density at radius 1 is 0.625 bits per heavy atom. The minimum Gasteiger partial charge on any atom is -0.211 e. The fraction of sp³-hybridized carbons (Fsp3) is 0.864. The molecule has 2 heteroatoms. The zero-order chi connectivity index (χ0) is 17.6. The highest BCUT2D eigenvalue weighted by molar-refractivity contribution is 5.33. The molecule has 0 N–H and O–H groups in total. The van der Waals surface area contributed by atoms with Crippen LogP contribution in [-0.2, 0) is 4.79 Å². The van der Waals surface area contributed by atoms with Gasteiger partial charge in [-0.3, -0.25) is 0 Å². The summed E-state index contributed by atoms with van der Waals surface area (Å²) in [5, 5.41) is 0. The van der Waals surface area contributed by atoms with Crippen molar-refractivity contribution in [2.24, 2.45) is 4.99 Å². The molecule has 0 radical (unpaired) electrons. The quantitative estimate of drug-likeness (QED) is 0.104. The van der Waals surface area contributed by atoms with Crippen LogP contribution in [0.4, 0.5) is 0 Å². The third-order valence-electron chi connectivity index (χ3n) is 4.65. The minimum absolute atomic E-state index is 0.488. The average molecular weight is 336 g/mol. The van der Waals surface area contributed by atoms with Crippen LogP contribution in [0.3, 0.4) is 0 Å². The van der Waals surface area contributed by atoms with Crippen molar-refractivity contribution in [3.8, 4) is 0 Å². The van der Waals surface area contributed by atoms with E-state index in [0.29, 0.717) is 6.54 Å². The lowest BCUT2D eigenvalue weighted by atomic mass is 10.0. The second kappa shape index (κ2) is 22.1. The molecule has 0 aromatic rings. The highest BCUT2D eigenvalue weighted by atomic mass is 16.1. The molecular formula is C22H41NO. The highest BCUT2D eigenvalue weighted by Crippen LogP contribution is 2.14. The molecule has 24 heavy (non-hydrogen) atoms. The van der Waals surface area contributed by atoms with Crippen molar-refractivity contribution in [3.05, 3.63) is 12.2 Å². The van der Waals surface area contributed by atoms with Gasteiger partial charge in [-0.25, -0.2) is 9.79 Å². The predicted molar refractivity (Wildman–Crippen MR) is 106 cm³/mol. The van der Waals surface area contributed by atoms with Gasteiger partial charge in [0.2, 0.25) is 6.08 Å². The Balaban J connectivity index is 3.02. The summed E-state index contributed by atoms with van der Waals surface area (Å²) >= 11 is 0. The lowest BCUT2D eigenvalue weighted by Crippen LogP contribution is -1.83. The molecule has 0 spiro atoms. The molecule has 0 fully saturated rings. The number of allylic oxidation sites excluding steroid dienone is 1. The predicted octanol–water partition coefficient (Wildman–Crippen LogP) is 7.53. The number of unbranched alkanes of at least 4 members (excludes halogenated alkanes) is 16. The summed E-state index contributed by atoms with van der Waals surface area (Å²) < 4.78 is 0. The van der Waals surface area contributed by atoms with Crippen LogP contribution in [0, 0.1) is 0 Å². The number of rotatable bonds is 19. The number of carbonyl (C=O) groups excluding carboxylic acids is 1. The van der Waals surface area contributed by atoms with Crippen LogP contribution < -0.4 is 0 Å². The van der Waals surface area contributed by atoms with Crippen LogP contribution in [0.25, 0.3) is 0 Å². The largest absolute Gasteiger partial charge is 0.235 e. The number of hydrogen-bond acceptors (Lipinski definition) is 2. The second-order valence-electron chi connectivity index (χ2n) is 7.00. The maximum absolute atomic E-state index is 9.87. The van der Waals surface area contributed by atoms with E-state index in [0.717, 1.165) is 6.42 Å². The first kappa shape index (κ1) is 23.1. The van der Waals surface area contributed by atoms with Crippen LogP contribution in [0.2, 0.25) is 0 Å². The molecule has 0 aliphatic carbocycles. The van der Waals surface area contributed by atoms with Crippen molar-refractivity contribution < 1.29 is 4.79 Å². The summed E-state index contributed by atoms with van der Waals surface area (Å²) in [6, 6.07) is 0. The van der Waals surface area contributed by atoms with Gasteiger partial charge >= 0.3 is 0 Å². The van der Waals surface area contributed by atoms with E-state index in [1.807, 2.05) is 6.08 Å². The van der Waals surface area contributed by atoms with Crippen LogP contribution in [0.5, 0.6) is 0 Å². The van der Waals surface area contributed by atoms with Crippen molar-refractivity contribution in [1.82, 2.24) is 0 Å². The molecule has 0 atom stereocenters. The highest BCUT2D eigenvalue weighted by Gasteiger charge is 1.94. The van der Waals surface area contributed by atoms with E-state index < -0.39 is 0 Å². The Morgan fingerprint density at radius 2 is 1.04 bits per heavy atom. The molecule has 2 nitrogen and oxygen atoms in total. The van der Waals surface area contributed by atoms with Gasteiger partial charge in [0.25, 0.3) is 0 Å². The Morgan fingerprint density at radius 3 is 1.46 bits per heavy atom. The normalized spacial score (nSPS) is 11.0. The first-order chi connectivity index (χ1) is 11.9. The molecule has 0 aromatic heterocycles. The molecule has 140 valence electrons. The zero-order valence-corrected chi connectivity index (χ0v) is 16.2. The molecule has 0 aliphatic rings. The topological polar surface area (TPSA) is 29.4 Å². The maximum Gasteiger partial charge on any atom is 0.235 e. The summed E-state index contributed by atoms with van der Waals surface area (Å²) in [7, 11) is 0. The Kier molecular flexibility index (Phi) is 21.3. The van der Waals surface area contributed by atoms with Crippen molar-refractivity contribution in [1.29, 1.82) is 0 Å². The van der Waals surface area contributed by atoms with E-state index in [4.69, 9.17) is 0 Å². The molecule has 0 heterocycles. The number of aliphatic imine (C=N–C) groups is 1. The molecule has 0 saturated heterocycles. The standard InChI is InChI=1S/C22H41NO/c1-2-3-4-5-6-7-8-9-10-11-12-13-14-15-16-17-18-19-20-21-23-22-24/h19-20H,2-18,21H2,1H3. The average Bonchev–Trinajstić information content (AvgIpc) is 2.60. The molecule has 0 aromatic carbocycles. The third kappa shape index (κ3) is 21.1. The van der Waals surface area contributed by atoms with Gasteiger partial charge in [0.15, 0.2) is 0 Å². The van der Waals surface area contributed by atoms with Gasteiger partial charge in [0, 0.05) is 0 Å². The summed E-state index contributed by atoms with van der Waals surface area (Å²) in [5.74, 6) is 0. The fourth-order valence-electron chi connectivity index (χ4n) is 3.09. The lowest BCUT2D eigenvalue weighted by molar-refractivity contribution is 0.530. The molecule has 0 rings (SSSR count). The Hall–Kier alpha value is -0.880. The molecule has 0 saturated carbocycles. The monoisotopic (exact) mass is 335 g/mol. The first-order valence-electron chi connectivity index (χ1n) is 10.6. The van der Waals surface area contributed by atoms with Crippen LogP contribution in [0.15, 0.2) is 17.1 Å². The summed E-state index contributed by atoms with van der Waals surface area (Å²) in [6.45, 7) is 2.77. The zero-order valence-electron chi connectivity index (χ0n) is 16.2. The maximum atomic E-state index is 9.87. The van der Waals surface area contributed by atoms with Crippen molar-refractivity contribution in [3.63, 3.8) is 0 Å². The third-order valence-corrected chi connectivity index (χ3v) is 4.65. The summed E-state index contributed by atoms with van der Waals surface area (Å²) in [4.78, 5) is 13.4. The Labute approximate surface area is 151 Å². The van der Waals surface area contributed by atoms with Gasteiger partial charge in [-0.1, -0.05) is 115 Å². The van der Waals surface area contributed by atoms with Gasteiger partial charge in [-0.05, 0) is 12.8 Å². The molecule has 0 unspecified atom stereocenters. The van der Waals surface area contributed by atoms with Crippen molar-refractivity contribution in [2.75, 3.05) is 6.54 Å². The van der Waals surface area contributed by atoms with E-state index >= 15 is 0 Å². The molecule has 0 amide bonds. The number of isocyanates is 1. The van der Waals surface area contributed by atoms with E-state index in [9.17, 15) is 4.79 Å². The number of nitrogens with zero attached hydrogens (tertiary/aromatic N) is 1. The second-order valence-corrected chi connectivity index (χ2v) is 7.00. The summed E-state index contributed by atoms with van der Waals surface area (Å²) in [5.41, 5.74) is 0. The van der Waals surface area contributed by atoms with Gasteiger partial charge in [-0.2, -0.15) is 0 Å². The smallest absolute Gasteiger partial charge is 0.211 e. The Bertz CT molecular complexity index is 305. The molecular weight excluding hydrogens is 294 g/mol. The van der Waals surface area contributed by atoms with Crippen LogP contribution >= 0.6 is 0 Å². The van der Waals surface area contributed by atoms with E-state index in [-0.39, 0.29) is 0 Å². The lowest BCUT2D eigenvalue weighted by Gasteiger charge is -2.03. The fourth-order valence-corrected chi connectivity index (χ4v) is 3.09. The van der Waals surface area contributed by atoms with Gasteiger partial charge in [-0.15, -0.1) is 0 Å². The molecule has 0 bridgehead atoms. The van der Waals surface area contributed by atoms with Gasteiger partial charge in [0.1, 0.15) is 0 Å². The molecule has 0 aliphatic heterocycles. The van der Waals surface area contributed by atoms with Crippen LogP contribution in [-0.4, -0.2) is 12.6 Å². The van der Waals surface area contributed by atoms with Crippen molar-refractivity contribution >= 4 is 6.08 Å². The van der Waals surface area contributed by atoms with Crippen molar-refractivity contribution in [2.45, 2.75) is 116 Å². The minimum atomic E-state index is 0.488.